The maximum Gasteiger partial charge on any atom is 0.335 e. The maximum absolute atomic E-state index is 11.0. The van der Waals surface area contributed by atoms with Crippen LogP contribution in [0.2, 0.25) is 5.02 Å². The first-order valence-electron chi connectivity index (χ1n) is 7.76. The van der Waals surface area contributed by atoms with Crippen LogP contribution in [0.1, 0.15) is 40.0 Å². The van der Waals surface area contributed by atoms with Crippen molar-refractivity contribution in [1.29, 1.82) is 0 Å². The Kier molecular flexibility index (Phi) is 3.51. The van der Waals surface area contributed by atoms with Crippen LogP contribution in [0.25, 0.3) is 0 Å². The monoisotopic (exact) mass is 328 g/mol. The van der Waals surface area contributed by atoms with Gasteiger partial charge in [0.2, 0.25) is 0 Å². The van der Waals surface area contributed by atoms with Gasteiger partial charge >= 0.3 is 5.97 Å². The Morgan fingerprint density at radius 1 is 1.13 bits per heavy atom. The van der Waals surface area contributed by atoms with Crippen molar-refractivity contribution in [2.75, 3.05) is 11.9 Å². The van der Waals surface area contributed by atoms with E-state index in [9.17, 15) is 4.79 Å². The summed E-state index contributed by atoms with van der Waals surface area (Å²) in [5.74, 6) is -0.467. The highest BCUT2D eigenvalue weighted by atomic mass is 35.5. The third-order valence-electron chi connectivity index (χ3n) is 4.87. The molecule has 2 aromatic rings. The van der Waals surface area contributed by atoms with Gasteiger partial charge < -0.3 is 15.7 Å². The van der Waals surface area contributed by atoms with Crippen molar-refractivity contribution in [3.05, 3.63) is 64.2 Å². The van der Waals surface area contributed by atoms with Crippen molar-refractivity contribution in [3.8, 4) is 0 Å². The number of carboxylic acids is 1. The summed E-state index contributed by atoms with van der Waals surface area (Å²) in [5, 5.41) is 17.0. The average Bonchev–Trinajstić information content (AvgIpc) is 3.04. The molecule has 4 rings (SSSR count). The van der Waals surface area contributed by atoms with E-state index in [4.69, 9.17) is 16.7 Å². The molecule has 0 aliphatic carbocycles. The fourth-order valence-electron chi connectivity index (χ4n) is 3.78. The van der Waals surface area contributed by atoms with E-state index >= 15 is 0 Å². The van der Waals surface area contributed by atoms with Gasteiger partial charge in [-0.25, -0.2) is 4.79 Å². The van der Waals surface area contributed by atoms with Crippen LogP contribution in [-0.2, 0) is 0 Å². The number of anilines is 1. The van der Waals surface area contributed by atoms with Crippen molar-refractivity contribution in [2.45, 2.75) is 18.5 Å². The molecule has 2 aromatic carbocycles. The van der Waals surface area contributed by atoms with Gasteiger partial charge in [0.1, 0.15) is 0 Å². The summed E-state index contributed by atoms with van der Waals surface area (Å²) in [6.45, 7) is 0.979. The van der Waals surface area contributed by atoms with Gasteiger partial charge in [-0.3, -0.25) is 0 Å². The van der Waals surface area contributed by atoms with Crippen LogP contribution in [0, 0.1) is 5.92 Å². The van der Waals surface area contributed by atoms with Crippen molar-refractivity contribution < 1.29 is 9.90 Å². The number of carboxylic acid groups (broad SMARTS) is 1. The Bertz CT molecular complexity index is 760. The summed E-state index contributed by atoms with van der Waals surface area (Å²) < 4.78 is 0. The zero-order valence-corrected chi connectivity index (χ0v) is 13.2. The Morgan fingerprint density at radius 3 is 2.65 bits per heavy atom. The van der Waals surface area contributed by atoms with Crippen LogP contribution >= 0.6 is 11.6 Å². The number of halogens is 1. The predicted octanol–water partition coefficient (Wildman–Crippen LogP) is 3.86. The van der Waals surface area contributed by atoms with Crippen LogP contribution in [-0.4, -0.2) is 17.6 Å². The summed E-state index contributed by atoms with van der Waals surface area (Å²) >= 11 is 6.16. The van der Waals surface area contributed by atoms with Gasteiger partial charge in [-0.1, -0.05) is 23.7 Å². The van der Waals surface area contributed by atoms with Gasteiger partial charge in [0.15, 0.2) is 0 Å². The van der Waals surface area contributed by atoms with E-state index in [1.54, 1.807) is 12.1 Å². The number of rotatable bonds is 2. The van der Waals surface area contributed by atoms with E-state index in [2.05, 4.69) is 10.6 Å². The minimum absolute atomic E-state index is 0.173. The number of nitrogens with one attached hydrogen (secondary N) is 2. The first-order valence-corrected chi connectivity index (χ1v) is 8.14. The van der Waals surface area contributed by atoms with E-state index in [1.165, 1.54) is 5.56 Å². The lowest BCUT2D eigenvalue weighted by Crippen LogP contribution is -2.32. The zero-order chi connectivity index (χ0) is 16.0. The first kappa shape index (κ1) is 14.5. The zero-order valence-electron chi connectivity index (χ0n) is 12.4. The van der Waals surface area contributed by atoms with Gasteiger partial charge in [-0.15, -0.1) is 0 Å². The van der Waals surface area contributed by atoms with Gasteiger partial charge in [-0.05, 0) is 54.4 Å². The average molecular weight is 329 g/mol. The van der Waals surface area contributed by atoms with Gasteiger partial charge in [0.05, 0.1) is 11.6 Å². The minimum atomic E-state index is -0.895. The normalized spacial score (nSPS) is 25.3. The molecule has 5 heteroatoms. The molecule has 2 aliphatic rings. The first-order chi connectivity index (χ1) is 11.1. The highest BCUT2D eigenvalue weighted by Gasteiger charge is 2.40. The molecular formula is C18H17ClN2O2. The summed E-state index contributed by atoms with van der Waals surface area (Å²) in [6.07, 6.45) is 1.08. The molecular weight excluding hydrogens is 312 g/mol. The number of carbonyl (C=O) groups is 1. The molecule has 2 aliphatic heterocycles. The van der Waals surface area contributed by atoms with E-state index in [-0.39, 0.29) is 12.1 Å². The van der Waals surface area contributed by atoms with E-state index in [1.807, 2.05) is 30.3 Å². The molecule has 118 valence electrons. The lowest BCUT2D eigenvalue weighted by molar-refractivity contribution is 0.0697. The molecule has 4 nitrogen and oxygen atoms in total. The molecule has 2 heterocycles. The smallest absolute Gasteiger partial charge is 0.335 e. The molecule has 3 atom stereocenters. The molecule has 0 aromatic heterocycles. The Hall–Kier alpha value is -2.04. The number of aromatic carboxylic acids is 1. The summed E-state index contributed by atoms with van der Waals surface area (Å²) in [7, 11) is 0. The van der Waals surface area contributed by atoms with E-state index in [0.717, 1.165) is 29.2 Å². The third kappa shape index (κ3) is 2.48. The number of hydrogen-bond acceptors (Lipinski definition) is 3. The largest absolute Gasteiger partial charge is 0.478 e. The summed E-state index contributed by atoms with van der Waals surface area (Å²) in [6, 6.07) is 13.6. The van der Waals surface area contributed by atoms with Crippen molar-refractivity contribution in [1.82, 2.24) is 5.32 Å². The molecule has 1 fully saturated rings. The van der Waals surface area contributed by atoms with Crippen LogP contribution in [0.4, 0.5) is 5.69 Å². The minimum Gasteiger partial charge on any atom is -0.478 e. The van der Waals surface area contributed by atoms with Crippen LogP contribution in [0.5, 0.6) is 0 Å². The molecule has 0 spiro atoms. The van der Waals surface area contributed by atoms with Crippen LogP contribution in [0.15, 0.2) is 42.5 Å². The molecule has 1 saturated heterocycles. The molecule has 0 saturated carbocycles. The number of hydrogen-bond donors (Lipinski definition) is 3. The summed E-state index contributed by atoms with van der Waals surface area (Å²) in [5.41, 5.74) is 3.75. The second-order valence-corrected chi connectivity index (χ2v) is 6.60. The predicted molar refractivity (Wildman–Crippen MR) is 90.1 cm³/mol. The Morgan fingerprint density at radius 2 is 1.91 bits per heavy atom. The molecule has 3 N–H and O–H groups in total. The molecule has 23 heavy (non-hydrogen) atoms. The Balaban J connectivity index is 1.72. The van der Waals surface area contributed by atoms with Crippen LogP contribution in [0.3, 0.4) is 0 Å². The van der Waals surface area contributed by atoms with Crippen LogP contribution < -0.4 is 10.6 Å². The standard InChI is InChI=1S/C18H17ClN2O2/c19-12-5-6-15-14(9-12)17-13(7-8-20-17)16(21-15)10-1-3-11(4-2-10)18(22)23/h1-6,9,13,16-17,20-21H,7-8H2,(H,22,23)/t13-,16-,17+/m0/s1. The quantitative estimate of drug-likeness (QED) is 0.783. The van der Waals surface area contributed by atoms with Gasteiger partial charge in [0, 0.05) is 22.7 Å². The highest BCUT2D eigenvalue weighted by Crippen LogP contribution is 2.47. The molecule has 0 unspecified atom stereocenters. The second-order valence-electron chi connectivity index (χ2n) is 6.17. The van der Waals surface area contributed by atoms with E-state index < -0.39 is 5.97 Å². The SMILES string of the molecule is O=C(O)c1ccc([C@@H]2Nc3ccc(Cl)cc3[C@@H]3NCC[C@@H]23)cc1. The number of fused-ring (bicyclic) bond motifs is 3. The van der Waals surface area contributed by atoms with Gasteiger partial charge in [-0.2, -0.15) is 0 Å². The maximum atomic E-state index is 11.0. The number of benzene rings is 2. The fourth-order valence-corrected chi connectivity index (χ4v) is 3.96. The molecule has 0 bridgehead atoms. The fraction of sp³-hybridized carbons (Fsp3) is 0.278. The topological polar surface area (TPSA) is 61.4 Å². The van der Waals surface area contributed by atoms with Crippen molar-refractivity contribution >= 4 is 23.3 Å². The van der Waals surface area contributed by atoms with E-state index in [0.29, 0.717) is 11.5 Å². The highest BCUT2D eigenvalue weighted by molar-refractivity contribution is 6.30. The van der Waals surface area contributed by atoms with Gasteiger partial charge in [0.25, 0.3) is 0 Å². The van der Waals surface area contributed by atoms with Crippen molar-refractivity contribution in [3.63, 3.8) is 0 Å². The second kappa shape index (κ2) is 5.55. The third-order valence-corrected chi connectivity index (χ3v) is 5.11. The van der Waals surface area contributed by atoms with Crippen molar-refractivity contribution in [2.24, 2.45) is 5.92 Å². The molecule has 0 radical (unpaired) electrons. The lowest BCUT2D eigenvalue weighted by atomic mass is 9.80. The molecule has 0 amide bonds. The summed E-state index contributed by atoms with van der Waals surface area (Å²) in [4.78, 5) is 11.0. The Labute approximate surface area is 139 Å². The lowest BCUT2D eigenvalue weighted by Gasteiger charge is -2.37.